The molecule has 2 heterocycles. The van der Waals surface area contributed by atoms with E-state index in [4.69, 9.17) is 0 Å². The Kier molecular flexibility index (Phi) is 6.08. The summed E-state index contributed by atoms with van der Waals surface area (Å²) in [6, 6.07) is 9.27. The van der Waals surface area contributed by atoms with Gasteiger partial charge in [-0.3, -0.25) is 14.2 Å². The number of aryl methyl sites for hydroxylation is 1. The van der Waals surface area contributed by atoms with Crippen molar-refractivity contribution in [1.82, 2.24) is 14.1 Å². The van der Waals surface area contributed by atoms with Crippen molar-refractivity contribution in [2.24, 2.45) is 13.0 Å². The quantitative estimate of drug-likeness (QED) is 0.337. The number of Topliss-reactive ketones (excluding diaryl/α,β-unsaturated/α-hetero) is 1. The van der Waals surface area contributed by atoms with Crippen LogP contribution in [-0.4, -0.2) is 25.7 Å². The van der Waals surface area contributed by atoms with E-state index in [0.29, 0.717) is 22.0 Å². The van der Waals surface area contributed by atoms with Crippen molar-refractivity contribution in [1.29, 1.82) is 0 Å². The molecule has 0 spiro atoms. The van der Waals surface area contributed by atoms with E-state index in [2.05, 4.69) is 23.4 Å². The monoisotopic (exact) mass is 397 g/mol. The molecule has 0 aliphatic rings. The molecule has 0 amide bonds. The first-order valence-corrected chi connectivity index (χ1v) is 10.6. The fraction of sp³-hybridized carbons (Fsp3) is 0.409. The van der Waals surface area contributed by atoms with Crippen molar-refractivity contribution in [2.75, 3.05) is 5.75 Å². The first kappa shape index (κ1) is 20.4. The lowest BCUT2D eigenvalue weighted by atomic mass is 10.1. The van der Waals surface area contributed by atoms with Crippen LogP contribution in [0.3, 0.4) is 0 Å². The SMILES string of the molecule is Cc1cc(C(=O)CSc2nc3ccccc3c(=O)n2C)c(C)n1CCC(C)C. The number of carbonyl (C=O) groups is 1. The van der Waals surface area contributed by atoms with Gasteiger partial charge < -0.3 is 4.57 Å². The topological polar surface area (TPSA) is 56.9 Å². The molecular formula is C22H27N3O2S. The van der Waals surface area contributed by atoms with Crippen LogP contribution in [0, 0.1) is 19.8 Å². The fourth-order valence-corrected chi connectivity index (χ4v) is 4.20. The molecule has 0 saturated heterocycles. The van der Waals surface area contributed by atoms with E-state index >= 15 is 0 Å². The van der Waals surface area contributed by atoms with Crippen LogP contribution in [0.1, 0.15) is 42.0 Å². The minimum absolute atomic E-state index is 0.0660. The molecule has 0 atom stereocenters. The molecule has 5 nitrogen and oxygen atoms in total. The van der Waals surface area contributed by atoms with Crippen LogP contribution in [0.4, 0.5) is 0 Å². The van der Waals surface area contributed by atoms with Crippen LogP contribution < -0.4 is 5.56 Å². The first-order chi connectivity index (χ1) is 13.3. The lowest BCUT2D eigenvalue weighted by molar-refractivity contribution is 0.102. The highest BCUT2D eigenvalue weighted by molar-refractivity contribution is 7.99. The van der Waals surface area contributed by atoms with Gasteiger partial charge in [0.05, 0.1) is 16.7 Å². The van der Waals surface area contributed by atoms with Gasteiger partial charge in [-0.1, -0.05) is 37.7 Å². The number of rotatable bonds is 7. The standard InChI is InChI=1S/C22H27N3O2S/c1-14(2)10-11-25-15(3)12-18(16(25)4)20(26)13-28-22-23-19-9-7-6-8-17(19)21(27)24(22)5/h6-9,12,14H,10-11,13H2,1-5H3. The normalized spacial score (nSPS) is 11.5. The maximum Gasteiger partial charge on any atom is 0.261 e. The summed E-state index contributed by atoms with van der Waals surface area (Å²) in [6.07, 6.45) is 1.09. The number of aromatic nitrogens is 3. The zero-order chi connectivity index (χ0) is 20.4. The summed E-state index contributed by atoms with van der Waals surface area (Å²) in [5.41, 5.74) is 3.46. The minimum Gasteiger partial charge on any atom is -0.348 e. The lowest BCUT2D eigenvalue weighted by Crippen LogP contribution is -2.20. The molecule has 1 aromatic carbocycles. The maximum atomic E-state index is 12.9. The molecule has 0 radical (unpaired) electrons. The first-order valence-electron chi connectivity index (χ1n) is 9.58. The van der Waals surface area contributed by atoms with Crippen LogP contribution in [0.15, 0.2) is 40.3 Å². The Morgan fingerprint density at radius 1 is 1.21 bits per heavy atom. The van der Waals surface area contributed by atoms with Crippen LogP contribution in [0.25, 0.3) is 10.9 Å². The zero-order valence-electron chi connectivity index (χ0n) is 17.2. The predicted octanol–water partition coefficient (Wildman–Crippen LogP) is 4.37. The Morgan fingerprint density at radius 3 is 2.64 bits per heavy atom. The van der Waals surface area contributed by atoms with Crippen molar-refractivity contribution in [3.63, 3.8) is 0 Å². The molecule has 3 rings (SSSR count). The number of ketones is 1. The second kappa shape index (κ2) is 8.35. The molecule has 0 saturated carbocycles. The van der Waals surface area contributed by atoms with Crippen LogP contribution in [0.2, 0.25) is 0 Å². The van der Waals surface area contributed by atoms with Gasteiger partial charge in [0.1, 0.15) is 0 Å². The van der Waals surface area contributed by atoms with Crippen LogP contribution in [0.5, 0.6) is 0 Å². The summed E-state index contributed by atoms with van der Waals surface area (Å²) in [5, 5.41) is 1.15. The Balaban J connectivity index is 1.80. The summed E-state index contributed by atoms with van der Waals surface area (Å²) < 4.78 is 3.74. The van der Waals surface area contributed by atoms with Crippen molar-refractivity contribution >= 4 is 28.4 Å². The molecule has 0 fully saturated rings. The third-order valence-electron chi connectivity index (χ3n) is 5.08. The number of hydrogen-bond acceptors (Lipinski definition) is 4. The van der Waals surface area contributed by atoms with Gasteiger partial charge in [0.2, 0.25) is 0 Å². The number of para-hydroxylation sites is 1. The minimum atomic E-state index is -0.0904. The second-order valence-electron chi connectivity index (χ2n) is 7.61. The van der Waals surface area contributed by atoms with Gasteiger partial charge in [-0.05, 0) is 44.4 Å². The number of hydrogen-bond donors (Lipinski definition) is 0. The highest BCUT2D eigenvalue weighted by Gasteiger charge is 2.17. The third-order valence-corrected chi connectivity index (χ3v) is 6.11. The molecule has 0 bridgehead atoms. The molecular weight excluding hydrogens is 370 g/mol. The Labute approximate surface area is 169 Å². The van der Waals surface area contributed by atoms with Gasteiger partial charge in [0, 0.05) is 30.5 Å². The van der Waals surface area contributed by atoms with E-state index in [-0.39, 0.29) is 17.1 Å². The summed E-state index contributed by atoms with van der Waals surface area (Å²) in [5.74, 6) is 0.945. The van der Waals surface area contributed by atoms with Crippen molar-refractivity contribution in [3.8, 4) is 0 Å². The van der Waals surface area contributed by atoms with E-state index in [1.165, 1.54) is 16.3 Å². The molecule has 0 N–H and O–H groups in total. The summed E-state index contributed by atoms with van der Waals surface area (Å²) in [4.78, 5) is 29.9. The molecule has 6 heteroatoms. The molecule has 0 unspecified atom stereocenters. The van der Waals surface area contributed by atoms with Gasteiger partial charge in [-0.25, -0.2) is 4.98 Å². The molecule has 28 heavy (non-hydrogen) atoms. The zero-order valence-corrected chi connectivity index (χ0v) is 18.0. The summed E-state index contributed by atoms with van der Waals surface area (Å²) >= 11 is 1.31. The van der Waals surface area contributed by atoms with Crippen molar-refractivity contribution in [2.45, 2.75) is 45.8 Å². The molecule has 3 aromatic rings. The van der Waals surface area contributed by atoms with Crippen molar-refractivity contribution < 1.29 is 4.79 Å². The van der Waals surface area contributed by atoms with Gasteiger partial charge in [0.25, 0.3) is 5.56 Å². The third kappa shape index (κ3) is 4.07. The molecule has 2 aromatic heterocycles. The second-order valence-corrected chi connectivity index (χ2v) is 8.55. The van der Waals surface area contributed by atoms with Gasteiger partial charge in [-0.2, -0.15) is 0 Å². The molecule has 148 valence electrons. The number of thioether (sulfide) groups is 1. The van der Waals surface area contributed by atoms with E-state index < -0.39 is 0 Å². The lowest BCUT2D eigenvalue weighted by Gasteiger charge is -2.11. The molecule has 0 aliphatic heterocycles. The van der Waals surface area contributed by atoms with E-state index in [0.717, 1.165) is 29.9 Å². The number of fused-ring (bicyclic) bond motifs is 1. The Hall–Kier alpha value is -2.34. The highest BCUT2D eigenvalue weighted by atomic mass is 32.2. The number of benzene rings is 1. The Bertz CT molecular complexity index is 1080. The average molecular weight is 398 g/mol. The number of carbonyl (C=O) groups excluding carboxylic acids is 1. The van der Waals surface area contributed by atoms with Gasteiger partial charge >= 0.3 is 0 Å². The number of nitrogens with zero attached hydrogens (tertiary/aromatic N) is 3. The molecule has 0 aliphatic carbocycles. The highest BCUT2D eigenvalue weighted by Crippen LogP contribution is 2.22. The van der Waals surface area contributed by atoms with Crippen molar-refractivity contribution in [3.05, 3.63) is 57.6 Å². The maximum absolute atomic E-state index is 12.9. The smallest absolute Gasteiger partial charge is 0.261 e. The van der Waals surface area contributed by atoms with E-state index in [1.807, 2.05) is 38.1 Å². The van der Waals surface area contributed by atoms with Gasteiger partial charge in [-0.15, -0.1) is 0 Å². The van der Waals surface area contributed by atoms with Crippen LogP contribution in [-0.2, 0) is 13.6 Å². The largest absolute Gasteiger partial charge is 0.348 e. The average Bonchev–Trinajstić information content (AvgIpc) is 2.95. The Morgan fingerprint density at radius 2 is 1.93 bits per heavy atom. The summed E-state index contributed by atoms with van der Waals surface area (Å²) in [7, 11) is 1.70. The van der Waals surface area contributed by atoms with Crippen LogP contribution >= 0.6 is 11.8 Å². The van der Waals surface area contributed by atoms with E-state index in [1.54, 1.807) is 13.1 Å². The van der Waals surface area contributed by atoms with E-state index in [9.17, 15) is 9.59 Å². The summed E-state index contributed by atoms with van der Waals surface area (Å²) in [6.45, 7) is 9.40. The predicted molar refractivity (Wildman–Crippen MR) is 115 cm³/mol. The fourth-order valence-electron chi connectivity index (χ4n) is 3.35. The van der Waals surface area contributed by atoms with Gasteiger partial charge in [0.15, 0.2) is 10.9 Å².